The molecule has 0 saturated heterocycles. The smallest absolute Gasteiger partial charge is 0.235 e. The van der Waals surface area contributed by atoms with E-state index in [1.54, 1.807) is 0 Å². The molecule has 1 aromatic heterocycles. The summed E-state index contributed by atoms with van der Waals surface area (Å²) in [7, 11) is -3.35. The third-order valence-electron chi connectivity index (χ3n) is 2.72. The summed E-state index contributed by atoms with van der Waals surface area (Å²) in [6.07, 6.45) is 0. The Balaban J connectivity index is 1.87. The predicted molar refractivity (Wildman–Crippen MR) is 75.4 cm³/mol. The number of hydrogen-bond acceptors (Lipinski definition) is 4. The van der Waals surface area contributed by atoms with Crippen LogP contribution < -0.4 is 10.0 Å². The summed E-state index contributed by atoms with van der Waals surface area (Å²) in [5.41, 5.74) is 1.71. The molecule has 108 valence electrons. The van der Waals surface area contributed by atoms with Crippen molar-refractivity contribution < 1.29 is 13.2 Å². The number of H-pyrrole nitrogens is 1. The first-order valence-electron chi connectivity index (χ1n) is 6.18. The van der Waals surface area contributed by atoms with E-state index in [1.807, 2.05) is 24.3 Å². The van der Waals surface area contributed by atoms with Gasteiger partial charge in [-0.15, -0.1) is 0 Å². The first kappa shape index (κ1) is 14.5. The fourth-order valence-electron chi connectivity index (χ4n) is 1.61. The highest BCUT2D eigenvalue weighted by Gasteiger charge is 2.10. The van der Waals surface area contributed by atoms with Gasteiger partial charge in [-0.05, 0) is 19.1 Å². The van der Waals surface area contributed by atoms with Gasteiger partial charge in [-0.1, -0.05) is 12.1 Å². The van der Waals surface area contributed by atoms with E-state index >= 15 is 0 Å². The number of aromatic amines is 1. The topological polar surface area (TPSA) is 104 Å². The van der Waals surface area contributed by atoms with Crippen molar-refractivity contribution >= 4 is 27.0 Å². The van der Waals surface area contributed by atoms with Gasteiger partial charge in [0, 0.05) is 0 Å². The van der Waals surface area contributed by atoms with Gasteiger partial charge in [-0.25, -0.2) is 18.1 Å². The van der Waals surface area contributed by atoms with Crippen molar-refractivity contribution in [3.05, 3.63) is 30.1 Å². The van der Waals surface area contributed by atoms with Crippen molar-refractivity contribution in [1.29, 1.82) is 0 Å². The van der Waals surface area contributed by atoms with Gasteiger partial charge in [0.1, 0.15) is 5.82 Å². The van der Waals surface area contributed by atoms with Crippen LogP contribution in [0, 0.1) is 0 Å². The number of sulfonamides is 1. The van der Waals surface area contributed by atoms with E-state index in [0.29, 0.717) is 5.82 Å². The number of benzene rings is 1. The largest absolute Gasteiger partial charge is 0.348 e. The highest BCUT2D eigenvalue weighted by atomic mass is 32.2. The molecule has 1 amide bonds. The van der Waals surface area contributed by atoms with E-state index in [-0.39, 0.29) is 18.8 Å². The number of carbonyl (C=O) groups is 1. The minimum absolute atomic E-state index is 0.0517. The third kappa shape index (κ3) is 3.78. The molecule has 0 aliphatic carbocycles. The predicted octanol–water partition coefficient (Wildman–Crippen LogP) is 0.118. The lowest BCUT2D eigenvalue weighted by Crippen LogP contribution is -2.37. The van der Waals surface area contributed by atoms with Gasteiger partial charge in [0.2, 0.25) is 15.9 Å². The Bertz CT molecular complexity index is 675. The lowest BCUT2D eigenvalue weighted by molar-refractivity contribution is -0.120. The molecule has 0 aliphatic heterocycles. The number of nitrogens with zero attached hydrogens (tertiary/aromatic N) is 1. The number of carbonyl (C=O) groups excluding carboxylic acids is 1. The average molecular weight is 296 g/mol. The molecule has 8 heteroatoms. The summed E-state index contributed by atoms with van der Waals surface area (Å²) >= 11 is 0. The lowest BCUT2D eigenvalue weighted by atomic mass is 10.3. The van der Waals surface area contributed by atoms with Gasteiger partial charge >= 0.3 is 0 Å². The van der Waals surface area contributed by atoms with Crippen LogP contribution in [-0.2, 0) is 21.4 Å². The number of nitrogens with one attached hydrogen (secondary N) is 3. The van der Waals surface area contributed by atoms with Crippen LogP contribution in [0.25, 0.3) is 11.0 Å². The number of imidazole rings is 1. The van der Waals surface area contributed by atoms with E-state index in [0.717, 1.165) is 11.0 Å². The molecule has 3 N–H and O–H groups in total. The van der Waals surface area contributed by atoms with Crippen LogP contribution in [0.15, 0.2) is 24.3 Å². The van der Waals surface area contributed by atoms with Crippen LogP contribution in [0.3, 0.4) is 0 Å². The molecule has 2 aromatic rings. The number of rotatable bonds is 6. The Morgan fingerprint density at radius 2 is 2.10 bits per heavy atom. The zero-order valence-electron chi connectivity index (χ0n) is 11.0. The Morgan fingerprint density at radius 3 is 2.80 bits per heavy atom. The monoisotopic (exact) mass is 296 g/mol. The van der Waals surface area contributed by atoms with Crippen LogP contribution in [0.4, 0.5) is 0 Å². The second-order valence-electron chi connectivity index (χ2n) is 4.20. The van der Waals surface area contributed by atoms with Crippen LogP contribution in [0.5, 0.6) is 0 Å². The number of para-hydroxylation sites is 2. The van der Waals surface area contributed by atoms with Crippen molar-refractivity contribution in [2.75, 3.05) is 12.3 Å². The maximum atomic E-state index is 11.5. The first-order valence-corrected chi connectivity index (χ1v) is 7.83. The zero-order chi connectivity index (χ0) is 14.6. The summed E-state index contributed by atoms with van der Waals surface area (Å²) < 4.78 is 24.6. The van der Waals surface area contributed by atoms with Crippen molar-refractivity contribution in [3.8, 4) is 0 Å². The normalized spacial score (nSPS) is 11.7. The maximum Gasteiger partial charge on any atom is 0.235 e. The third-order valence-corrected chi connectivity index (χ3v) is 4.07. The first-order chi connectivity index (χ1) is 9.50. The molecule has 20 heavy (non-hydrogen) atoms. The molecule has 0 bridgehead atoms. The Morgan fingerprint density at radius 1 is 1.35 bits per heavy atom. The van der Waals surface area contributed by atoms with Crippen molar-refractivity contribution in [1.82, 2.24) is 20.0 Å². The molecule has 2 rings (SSSR count). The fourth-order valence-corrected chi connectivity index (χ4v) is 2.17. The lowest BCUT2D eigenvalue weighted by Gasteiger charge is -2.05. The molecule has 0 aliphatic rings. The summed E-state index contributed by atoms with van der Waals surface area (Å²) in [6.45, 7) is 1.46. The highest BCUT2D eigenvalue weighted by Crippen LogP contribution is 2.09. The van der Waals surface area contributed by atoms with E-state index in [2.05, 4.69) is 20.0 Å². The van der Waals surface area contributed by atoms with E-state index in [1.165, 1.54) is 6.92 Å². The highest BCUT2D eigenvalue weighted by molar-refractivity contribution is 7.89. The Kier molecular flexibility index (Phi) is 4.35. The van der Waals surface area contributed by atoms with Gasteiger partial charge in [-0.3, -0.25) is 4.79 Å². The summed E-state index contributed by atoms with van der Waals surface area (Å²) in [5.74, 6) is 0.171. The van der Waals surface area contributed by atoms with Crippen molar-refractivity contribution in [2.24, 2.45) is 0 Å². The minimum Gasteiger partial charge on any atom is -0.348 e. The van der Waals surface area contributed by atoms with Gasteiger partial charge in [-0.2, -0.15) is 0 Å². The van der Waals surface area contributed by atoms with Crippen LogP contribution >= 0.6 is 0 Å². The molecule has 0 saturated carbocycles. The minimum atomic E-state index is -3.35. The number of amides is 1. The summed E-state index contributed by atoms with van der Waals surface area (Å²) in [5, 5.41) is 2.60. The maximum absolute atomic E-state index is 11.5. The molecule has 0 unspecified atom stereocenters. The standard InChI is InChI=1S/C12H16N4O3S/c1-2-20(18,19)14-8-12(17)13-7-11-15-9-5-3-4-6-10(9)16-11/h3-6,14H,2,7-8H2,1H3,(H,13,17)(H,15,16). The molecule has 0 fully saturated rings. The SMILES string of the molecule is CCS(=O)(=O)NCC(=O)NCc1nc2ccccc2[nH]1. The van der Waals surface area contributed by atoms with Crippen LogP contribution in [0.2, 0.25) is 0 Å². The van der Waals surface area contributed by atoms with Crippen molar-refractivity contribution in [3.63, 3.8) is 0 Å². The quantitative estimate of drug-likeness (QED) is 0.704. The fraction of sp³-hybridized carbons (Fsp3) is 0.333. The van der Waals surface area contributed by atoms with Crippen LogP contribution in [0.1, 0.15) is 12.7 Å². The average Bonchev–Trinajstić information content (AvgIpc) is 2.86. The zero-order valence-corrected chi connectivity index (χ0v) is 11.8. The van der Waals surface area contributed by atoms with Gasteiger partial charge in [0.15, 0.2) is 0 Å². The number of hydrogen-bond donors (Lipinski definition) is 3. The Hall–Kier alpha value is -1.93. The van der Waals surface area contributed by atoms with E-state index < -0.39 is 15.9 Å². The molecule has 0 atom stereocenters. The van der Waals surface area contributed by atoms with E-state index in [9.17, 15) is 13.2 Å². The van der Waals surface area contributed by atoms with Gasteiger partial charge in [0.05, 0.1) is 29.9 Å². The molecule has 7 nitrogen and oxygen atoms in total. The molecular formula is C12H16N4O3S. The number of fused-ring (bicyclic) bond motifs is 1. The Labute approximate surface area is 116 Å². The second kappa shape index (κ2) is 6.02. The molecule has 0 spiro atoms. The van der Waals surface area contributed by atoms with E-state index in [4.69, 9.17) is 0 Å². The second-order valence-corrected chi connectivity index (χ2v) is 6.30. The molecule has 0 radical (unpaired) electrons. The summed E-state index contributed by atoms with van der Waals surface area (Å²) in [4.78, 5) is 18.9. The molecule has 1 aromatic carbocycles. The molecular weight excluding hydrogens is 280 g/mol. The summed E-state index contributed by atoms with van der Waals surface area (Å²) in [6, 6.07) is 7.53. The van der Waals surface area contributed by atoms with Gasteiger partial charge < -0.3 is 10.3 Å². The van der Waals surface area contributed by atoms with Gasteiger partial charge in [0.25, 0.3) is 0 Å². The van der Waals surface area contributed by atoms with Crippen LogP contribution in [-0.4, -0.2) is 36.6 Å². The number of aromatic nitrogens is 2. The van der Waals surface area contributed by atoms with Crippen molar-refractivity contribution in [2.45, 2.75) is 13.5 Å². The molecule has 1 heterocycles.